The molecule has 0 aliphatic heterocycles. The lowest BCUT2D eigenvalue weighted by molar-refractivity contribution is -0.366. The van der Waals surface area contributed by atoms with Gasteiger partial charge in [-0.2, -0.15) is 0 Å². The monoisotopic (exact) mass is 1620 g/mol. The summed E-state index contributed by atoms with van der Waals surface area (Å²) >= 11 is 0. The number of carboxylic acid groups (broad SMARTS) is 1. The van der Waals surface area contributed by atoms with E-state index in [4.69, 9.17) is 10.2 Å². The van der Waals surface area contributed by atoms with E-state index in [1.54, 1.807) is 55.4 Å². The van der Waals surface area contributed by atoms with Gasteiger partial charge in [-0.15, -0.1) is 0 Å². The quantitative estimate of drug-likeness (QED) is 0.0194. The Bertz CT molecular complexity index is 4910. The molecule has 12 heterocycles. The molecule has 0 spiro atoms. The van der Waals surface area contributed by atoms with Crippen LogP contribution < -0.4 is 10.8 Å². The lowest BCUT2D eigenvalue weighted by Crippen LogP contribution is -2.51. The number of carboxylic acids is 1. The topological polar surface area (TPSA) is 394 Å². The third kappa shape index (κ3) is 30.9. The van der Waals surface area contributed by atoms with Crippen molar-refractivity contribution in [2.24, 2.45) is 0 Å². The van der Waals surface area contributed by atoms with E-state index in [0.717, 1.165) is 106 Å². The number of hydrogen-bond acceptors (Lipinski definition) is 26. The van der Waals surface area contributed by atoms with Crippen LogP contribution in [0, 0.1) is 0 Å². The number of likely N-dealkylation sites (N-methyl/N-ethyl adjacent to an activating group) is 1. The standard InChI is InChI=1S/C28H29N5O.C26H33N5O6.C19H18N4O2.C19H20N4O/c29-14-13-22-7-9-23(10-8-22)17-28(34)24-11-12-27(32-18-24)21-33(19-25-5-1-3-15-30-25)20-26-6-2-4-16-31-26;1-30(16-22(33)24(35)25(36)23(34)17-32)26(37)18-8-9-21(29-12-18)15-31(13-19-6-2-4-10-27-19)14-20-7-3-5-11-28-20;24-19(25)15-7-8-18(22-11-15)14-23(12-16-5-1-3-9-20-16)13-17-6-2-4-10-21-17;24-15-16-7-8-19(22-11-16)14-23(12-17-5-1-3-9-20-17)13-18-6-2-4-10-21-18/h1-12,15-16,18H,13-14,17,19-21,29H2;2-12,22-25,32-36H,13-17H2,1H3;1-11H,12-14H2,(H,24,25);1-11,24H,12-15H2/t;22-,23+,24+,25+;;/m.0../s1. The number of nitrogens with zero attached hydrogens (tertiary/aromatic N) is 17. The van der Waals surface area contributed by atoms with E-state index in [1.165, 1.54) is 36.0 Å². The number of pyridine rings is 12. The molecule has 1 aromatic carbocycles. The fraction of sp³-hybridized carbons (Fsp3) is 0.250. The molecule has 618 valence electrons. The molecule has 28 heteroatoms. The lowest BCUT2D eigenvalue weighted by Gasteiger charge is -2.28. The number of quaternary nitrogens is 1. The molecule has 9 N–H and O–H groups in total. The van der Waals surface area contributed by atoms with Crippen molar-refractivity contribution in [2.75, 3.05) is 26.7 Å². The number of rotatable bonds is 38. The van der Waals surface area contributed by atoms with E-state index in [9.17, 15) is 39.9 Å². The second-order valence-electron chi connectivity index (χ2n) is 28.4. The number of aliphatic hydroxyl groups is 6. The van der Waals surface area contributed by atoms with Crippen LogP contribution in [-0.2, 0) is 98.0 Å². The van der Waals surface area contributed by atoms with E-state index in [-0.39, 0.29) is 30.1 Å². The highest BCUT2D eigenvalue weighted by Gasteiger charge is 2.32. The summed E-state index contributed by atoms with van der Waals surface area (Å²) in [5, 5.41) is 68.2. The molecule has 12 aromatic heterocycles. The maximum Gasteiger partial charge on any atom is 0.255 e. The Labute approximate surface area is 697 Å². The van der Waals surface area contributed by atoms with Gasteiger partial charge in [-0.25, -0.2) is 0 Å². The average Bonchev–Trinajstić information content (AvgIpc) is 0.862. The van der Waals surface area contributed by atoms with Crippen molar-refractivity contribution in [1.82, 2.24) is 84.3 Å². The number of benzene rings is 1. The van der Waals surface area contributed by atoms with Crippen LogP contribution in [0.25, 0.3) is 0 Å². The number of aromatic carboxylic acids is 1. The molecule has 4 atom stereocenters. The number of ketones is 1. The van der Waals surface area contributed by atoms with Gasteiger partial charge in [-0.1, -0.05) is 78.9 Å². The average molecular weight is 1620 g/mol. The molecular formula is C92H100N18O10. The number of aromatic nitrogens is 12. The molecule has 120 heavy (non-hydrogen) atoms. The molecule has 13 rings (SSSR count). The van der Waals surface area contributed by atoms with Crippen molar-refractivity contribution in [1.29, 1.82) is 0 Å². The van der Waals surface area contributed by atoms with Gasteiger partial charge in [-0.3, -0.25) is 89.0 Å². The van der Waals surface area contributed by atoms with E-state index in [0.29, 0.717) is 77.4 Å². The Balaban J connectivity index is 0.000000171. The fourth-order valence-electron chi connectivity index (χ4n) is 12.5. The van der Waals surface area contributed by atoms with Crippen molar-refractivity contribution < 1.29 is 55.9 Å². The molecule has 0 fully saturated rings. The zero-order chi connectivity index (χ0) is 84.5. The van der Waals surface area contributed by atoms with Crippen LogP contribution in [-0.4, -0.2) is 184 Å². The van der Waals surface area contributed by atoms with Crippen LogP contribution in [0.1, 0.15) is 116 Å². The predicted octanol–water partition coefficient (Wildman–Crippen LogP) is 6.87. The van der Waals surface area contributed by atoms with Gasteiger partial charge in [0.05, 0.1) is 99.6 Å². The number of hydrogen-bond donors (Lipinski definition) is 7. The molecule has 28 nitrogen and oxygen atoms in total. The first kappa shape index (κ1) is 89.5. The molecule has 0 saturated carbocycles. The van der Waals surface area contributed by atoms with Crippen LogP contribution >= 0.6 is 0 Å². The summed E-state index contributed by atoms with van der Waals surface area (Å²) in [4.78, 5) is 99.4. The Morgan fingerprint density at radius 3 is 0.867 bits per heavy atom. The summed E-state index contributed by atoms with van der Waals surface area (Å²) in [6.07, 6.45) is 15.1. The summed E-state index contributed by atoms with van der Waals surface area (Å²) in [5.41, 5.74) is 19.1. The molecular weight excluding hydrogens is 1520 g/mol. The Hall–Kier alpha value is -12.8. The molecule has 0 aliphatic rings. The Morgan fingerprint density at radius 2 is 0.608 bits per heavy atom. The van der Waals surface area contributed by atoms with Crippen molar-refractivity contribution in [3.63, 3.8) is 0 Å². The van der Waals surface area contributed by atoms with Crippen LogP contribution in [0.4, 0.5) is 0 Å². The van der Waals surface area contributed by atoms with Crippen molar-refractivity contribution >= 4 is 17.7 Å². The molecule has 0 aliphatic carbocycles. The first-order chi connectivity index (χ1) is 58.5. The normalized spacial score (nSPS) is 12.1. The van der Waals surface area contributed by atoms with Gasteiger partial charge in [0.2, 0.25) is 0 Å². The SMILES string of the molecule is CN(C[C@H](O)[C@@H](O)[C@H](O)[C@H](O)CO)C(=O)c1ccc(CN(Cc2ccccn2)Cc2ccccn2)nc1.O=C([O-])c1ccc(CN(Cc2ccccn2)Cc2ccccn2)nc1.OCc1ccc(CN(Cc2ccccn2)Cc2ccccn2)nc1.[NH3+]CCc1ccc(CC(=O)c2ccc(CN(Cc3ccccn3)Cc3ccccn3)nc2)cc1. The van der Waals surface area contributed by atoms with Gasteiger partial charge in [0.25, 0.3) is 5.91 Å². The molecule has 0 saturated heterocycles. The van der Waals surface area contributed by atoms with Crippen LogP contribution in [0.5, 0.6) is 0 Å². The lowest BCUT2D eigenvalue weighted by atomic mass is 10.0. The van der Waals surface area contributed by atoms with Crippen molar-refractivity contribution in [3.05, 3.63) is 394 Å². The third-order valence-corrected chi connectivity index (χ3v) is 18.8. The highest BCUT2D eigenvalue weighted by molar-refractivity contribution is 5.97. The first-order valence-electron chi connectivity index (χ1n) is 39.2. The second kappa shape index (κ2) is 48.8. The van der Waals surface area contributed by atoms with Gasteiger partial charge < -0.3 is 51.2 Å². The van der Waals surface area contributed by atoms with Gasteiger partial charge in [0, 0.05) is 190 Å². The highest BCUT2D eigenvalue weighted by atomic mass is 16.4. The van der Waals surface area contributed by atoms with Crippen molar-refractivity contribution in [2.45, 2.75) is 122 Å². The van der Waals surface area contributed by atoms with Gasteiger partial charge in [-0.05, 0) is 156 Å². The van der Waals surface area contributed by atoms with E-state index < -0.39 is 42.9 Å². The van der Waals surface area contributed by atoms with Crippen molar-refractivity contribution in [3.8, 4) is 0 Å². The molecule has 13 aromatic rings. The Kier molecular flexibility index (Phi) is 36.4. The maximum atomic E-state index is 12.8. The molecule has 0 radical (unpaired) electrons. The summed E-state index contributed by atoms with van der Waals surface area (Å²) in [6, 6.07) is 69.3. The Morgan fingerprint density at radius 1 is 0.333 bits per heavy atom. The zero-order valence-electron chi connectivity index (χ0n) is 66.9. The summed E-state index contributed by atoms with van der Waals surface area (Å²) in [5.74, 6) is -1.60. The number of amides is 1. The van der Waals surface area contributed by atoms with Crippen LogP contribution in [0.3, 0.4) is 0 Å². The number of carbonyl (C=O) groups is 3. The number of carbonyl (C=O) groups excluding carboxylic acids is 3. The fourth-order valence-corrected chi connectivity index (χ4v) is 12.5. The number of aliphatic hydroxyl groups excluding tert-OH is 6. The summed E-state index contributed by atoms with van der Waals surface area (Å²) < 4.78 is 0. The van der Waals surface area contributed by atoms with Gasteiger partial charge >= 0.3 is 0 Å². The smallest absolute Gasteiger partial charge is 0.255 e. The maximum absolute atomic E-state index is 12.8. The summed E-state index contributed by atoms with van der Waals surface area (Å²) in [7, 11) is 1.43. The van der Waals surface area contributed by atoms with E-state index >= 15 is 0 Å². The zero-order valence-corrected chi connectivity index (χ0v) is 66.9. The third-order valence-electron chi connectivity index (χ3n) is 18.8. The van der Waals surface area contributed by atoms with Crippen LogP contribution in [0.2, 0.25) is 0 Å². The number of Topliss-reactive ketones (excluding diaryl/α,β-unsaturated/α-hetero) is 1. The largest absolute Gasteiger partial charge is 0.545 e. The van der Waals surface area contributed by atoms with E-state index in [1.807, 2.05) is 207 Å². The van der Waals surface area contributed by atoms with Crippen LogP contribution in [0.15, 0.2) is 293 Å². The molecule has 0 unspecified atom stereocenters. The second-order valence-corrected chi connectivity index (χ2v) is 28.4. The minimum Gasteiger partial charge on any atom is -0.545 e. The first-order valence-corrected chi connectivity index (χ1v) is 39.2. The van der Waals surface area contributed by atoms with Gasteiger partial charge in [0.1, 0.15) is 24.4 Å². The van der Waals surface area contributed by atoms with Gasteiger partial charge in [0.15, 0.2) is 5.78 Å². The van der Waals surface area contributed by atoms with E-state index in [2.05, 4.69) is 97.3 Å². The molecule has 0 bridgehead atoms. The molecule has 1 amide bonds. The predicted molar refractivity (Wildman–Crippen MR) is 447 cm³/mol. The minimum absolute atomic E-state index is 0.0128. The summed E-state index contributed by atoms with van der Waals surface area (Å²) in [6.45, 7) is 7.44. The highest BCUT2D eigenvalue weighted by Crippen LogP contribution is 2.20. The minimum atomic E-state index is -1.76.